The van der Waals surface area contributed by atoms with Crippen molar-refractivity contribution in [1.29, 1.82) is 0 Å². The van der Waals surface area contributed by atoms with Crippen LogP contribution in [-0.2, 0) is 10.0 Å². The van der Waals surface area contributed by atoms with Gasteiger partial charge in [-0.3, -0.25) is 0 Å². The van der Waals surface area contributed by atoms with Crippen LogP contribution in [0.2, 0.25) is 10.0 Å². The van der Waals surface area contributed by atoms with Gasteiger partial charge in [0.15, 0.2) is 0 Å². The van der Waals surface area contributed by atoms with Gasteiger partial charge in [0.25, 0.3) is 0 Å². The number of aliphatic hydroxyl groups is 1. The summed E-state index contributed by atoms with van der Waals surface area (Å²) in [5, 5.41) is 10.3. The molecule has 2 aromatic rings. The summed E-state index contributed by atoms with van der Waals surface area (Å²) in [5.41, 5.74) is 0.627. The van der Waals surface area contributed by atoms with E-state index in [2.05, 4.69) is 4.72 Å². The quantitative estimate of drug-likeness (QED) is 0.875. The first-order valence-electron chi connectivity index (χ1n) is 6.08. The van der Waals surface area contributed by atoms with Crippen molar-refractivity contribution in [2.24, 2.45) is 0 Å². The number of benzene rings is 2. The summed E-state index contributed by atoms with van der Waals surface area (Å²) in [5.74, 6) is 0. The average Bonchev–Trinajstić information content (AvgIpc) is 2.45. The molecule has 0 fully saturated rings. The highest BCUT2D eigenvalue weighted by atomic mass is 35.5. The van der Waals surface area contributed by atoms with Crippen LogP contribution in [0.1, 0.15) is 11.7 Å². The lowest BCUT2D eigenvalue weighted by molar-refractivity contribution is 0.182. The highest BCUT2D eigenvalue weighted by Crippen LogP contribution is 2.25. The topological polar surface area (TPSA) is 66.4 Å². The molecule has 0 aliphatic heterocycles. The molecule has 0 bridgehead atoms. The molecule has 21 heavy (non-hydrogen) atoms. The summed E-state index contributed by atoms with van der Waals surface area (Å²) in [7, 11) is -3.81. The van der Waals surface area contributed by atoms with Crippen molar-refractivity contribution < 1.29 is 13.5 Å². The van der Waals surface area contributed by atoms with Gasteiger partial charge >= 0.3 is 0 Å². The molecule has 0 aliphatic rings. The second kappa shape index (κ2) is 6.77. The van der Waals surface area contributed by atoms with Crippen LogP contribution in [0.15, 0.2) is 53.4 Å². The molecule has 4 nitrogen and oxygen atoms in total. The van der Waals surface area contributed by atoms with Crippen LogP contribution in [0.4, 0.5) is 0 Å². The van der Waals surface area contributed by atoms with Crippen molar-refractivity contribution >= 4 is 33.2 Å². The van der Waals surface area contributed by atoms with Gasteiger partial charge in [-0.25, -0.2) is 13.1 Å². The van der Waals surface area contributed by atoms with Gasteiger partial charge in [0.2, 0.25) is 10.0 Å². The van der Waals surface area contributed by atoms with Gasteiger partial charge in [0.05, 0.1) is 11.1 Å². The number of rotatable bonds is 5. The predicted molar refractivity (Wildman–Crippen MR) is 83.1 cm³/mol. The lowest BCUT2D eigenvalue weighted by atomic mass is 10.1. The minimum absolute atomic E-state index is 0.0317. The molecule has 7 heteroatoms. The Hall–Kier alpha value is -1.11. The Morgan fingerprint density at radius 3 is 2.38 bits per heavy atom. The van der Waals surface area contributed by atoms with Gasteiger partial charge in [-0.1, -0.05) is 53.5 Å². The number of halogens is 2. The number of nitrogens with one attached hydrogen (secondary N) is 1. The Labute approximate surface area is 133 Å². The highest BCUT2D eigenvalue weighted by Gasteiger charge is 2.19. The minimum atomic E-state index is -3.81. The highest BCUT2D eigenvalue weighted by molar-refractivity contribution is 7.89. The first kappa shape index (κ1) is 16.3. The van der Waals surface area contributed by atoms with Gasteiger partial charge in [0, 0.05) is 11.6 Å². The normalized spacial score (nSPS) is 13.1. The Balaban J connectivity index is 2.11. The van der Waals surface area contributed by atoms with Crippen molar-refractivity contribution in [2.75, 3.05) is 6.54 Å². The third kappa shape index (κ3) is 4.18. The zero-order chi connectivity index (χ0) is 15.5. The fourth-order valence-electron chi connectivity index (χ4n) is 1.75. The number of sulfonamides is 1. The van der Waals surface area contributed by atoms with Crippen molar-refractivity contribution in [1.82, 2.24) is 4.72 Å². The number of hydrogen-bond donors (Lipinski definition) is 2. The fourth-order valence-corrected chi connectivity index (χ4v) is 3.56. The molecule has 0 radical (unpaired) electrons. The molecular weight excluding hydrogens is 333 g/mol. The molecule has 0 heterocycles. The molecule has 112 valence electrons. The largest absolute Gasteiger partial charge is 0.387 e. The van der Waals surface area contributed by atoms with E-state index in [0.29, 0.717) is 10.6 Å². The smallest absolute Gasteiger partial charge is 0.242 e. The monoisotopic (exact) mass is 345 g/mol. The Kier molecular flexibility index (Phi) is 5.24. The van der Waals surface area contributed by atoms with E-state index in [9.17, 15) is 13.5 Å². The summed E-state index contributed by atoms with van der Waals surface area (Å²) in [6.07, 6.45) is -0.938. The Morgan fingerprint density at radius 2 is 1.76 bits per heavy atom. The minimum Gasteiger partial charge on any atom is -0.387 e. The Morgan fingerprint density at radius 1 is 1.10 bits per heavy atom. The fraction of sp³-hybridized carbons (Fsp3) is 0.143. The van der Waals surface area contributed by atoms with Crippen LogP contribution < -0.4 is 4.72 Å². The molecular formula is C14H13Cl2NO3S. The molecule has 2 rings (SSSR count). The molecule has 0 aliphatic carbocycles. The molecule has 0 amide bonds. The number of hydrogen-bond acceptors (Lipinski definition) is 3. The molecule has 0 saturated heterocycles. The third-order valence-electron chi connectivity index (χ3n) is 2.83. The summed E-state index contributed by atoms with van der Waals surface area (Å²) >= 11 is 11.6. The van der Waals surface area contributed by atoms with E-state index >= 15 is 0 Å². The first-order valence-corrected chi connectivity index (χ1v) is 8.32. The van der Waals surface area contributed by atoms with Gasteiger partial charge in [-0.15, -0.1) is 0 Å². The van der Waals surface area contributed by atoms with Crippen LogP contribution in [-0.4, -0.2) is 20.1 Å². The first-order chi connectivity index (χ1) is 9.90. The predicted octanol–water partition coefficient (Wildman–Crippen LogP) is 3.01. The van der Waals surface area contributed by atoms with Crippen LogP contribution in [0, 0.1) is 0 Å². The maximum atomic E-state index is 12.2. The van der Waals surface area contributed by atoms with E-state index in [1.165, 1.54) is 18.2 Å². The van der Waals surface area contributed by atoms with E-state index in [1.54, 1.807) is 24.3 Å². The molecule has 0 saturated carbocycles. The van der Waals surface area contributed by atoms with Gasteiger partial charge in [0.1, 0.15) is 4.90 Å². The summed E-state index contributed by atoms with van der Waals surface area (Å²) < 4.78 is 26.6. The van der Waals surface area contributed by atoms with Gasteiger partial charge < -0.3 is 5.11 Å². The van der Waals surface area contributed by atoms with Gasteiger partial charge in [-0.2, -0.15) is 0 Å². The van der Waals surface area contributed by atoms with Gasteiger partial charge in [-0.05, 0) is 23.8 Å². The van der Waals surface area contributed by atoms with E-state index in [4.69, 9.17) is 23.2 Å². The second-order valence-electron chi connectivity index (χ2n) is 4.35. The van der Waals surface area contributed by atoms with Crippen molar-refractivity contribution in [2.45, 2.75) is 11.0 Å². The molecule has 2 N–H and O–H groups in total. The summed E-state index contributed by atoms with van der Waals surface area (Å²) in [6.45, 7) is -0.148. The number of aliphatic hydroxyl groups excluding tert-OH is 1. The van der Waals surface area contributed by atoms with E-state index in [1.807, 2.05) is 6.07 Å². The lowest BCUT2D eigenvalue weighted by Gasteiger charge is -2.13. The zero-order valence-corrected chi connectivity index (χ0v) is 13.2. The molecule has 0 aromatic heterocycles. The maximum absolute atomic E-state index is 12.2. The van der Waals surface area contributed by atoms with E-state index in [-0.39, 0.29) is 16.5 Å². The molecule has 2 aromatic carbocycles. The second-order valence-corrected chi connectivity index (χ2v) is 6.93. The Bertz CT molecular complexity index is 720. The van der Waals surface area contributed by atoms with E-state index in [0.717, 1.165) is 0 Å². The zero-order valence-electron chi connectivity index (χ0n) is 10.8. The van der Waals surface area contributed by atoms with Crippen LogP contribution >= 0.6 is 23.2 Å². The molecule has 0 spiro atoms. The standard InChI is InChI=1S/C14H13Cl2NO3S/c15-11-6-7-14(12(16)8-11)21(19,20)17-9-13(18)10-4-2-1-3-5-10/h1-8,13,17-18H,9H2/t13-/m1/s1. The lowest BCUT2D eigenvalue weighted by Crippen LogP contribution is -2.28. The average molecular weight is 346 g/mol. The van der Waals surface area contributed by atoms with Crippen LogP contribution in [0.3, 0.4) is 0 Å². The SMILES string of the molecule is O=S(=O)(NC[C@@H](O)c1ccccc1)c1ccc(Cl)cc1Cl. The van der Waals surface area contributed by atoms with Crippen LogP contribution in [0.5, 0.6) is 0 Å². The van der Waals surface area contributed by atoms with Crippen molar-refractivity contribution in [3.8, 4) is 0 Å². The maximum Gasteiger partial charge on any atom is 0.242 e. The third-order valence-corrected chi connectivity index (χ3v) is 4.98. The van der Waals surface area contributed by atoms with Crippen molar-refractivity contribution in [3.05, 3.63) is 64.1 Å². The summed E-state index contributed by atoms with van der Waals surface area (Å²) in [6, 6.07) is 12.9. The van der Waals surface area contributed by atoms with E-state index < -0.39 is 16.1 Å². The van der Waals surface area contributed by atoms with Crippen LogP contribution in [0.25, 0.3) is 0 Å². The van der Waals surface area contributed by atoms with Crippen molar-refractivity contribution in [3.63, 3.8) is 0 Å². The summed E-state index contributed by atoms with van der Waals surface area (Å²) in [4.78, 5) is -0.0752. The molecule has 1 atom stereocenters. The molecule has 0 unspecified atom stereocenters.